The molecular formula is C25H28ClFN4O4. The molecule has 1 N–H and O–H groups in total. The van der Waals surface area contributed by atoms with Crippen molar-refractivity contribution in [2.24, 2.45) is 0 Å². The fourth-order valence-corrected chi connectivity index (χ4v) is 5.08. The number of nitrogens with zero attached hydrogens (tertiary/aromatic N) is 3. The summed E-state index contributed by atoms with van der Waals surface area (Å²) >= 11 is 6.49. The Morgan fingerprint density at radius 3 is 2.60 bits per heavy atom. The zero-order valence-corrected chi connectivity index (χ0v) is 20.7. The van der Waals surface area contributed by atoms with Crippen LogP contribution in [0.2, 0.25) is 5.15 Å². The van der Waals surface area contributed by atoms with Crippen molar-refractivity contribution < 1.29 is 23.4 Å². The minimum atomic E-state index is -0.720. The largest absolute Gasteiger partial charge is 0.444 e. The number of aromatic nitrogens is 3. The van der Waals surface area contributed by atoms with Crippen molar-refractivity contribution in [3.05, 3.63) is 41.7 Å². The number of carbonyl (C=O) groups is 1. The van der Waals surface area contributed by atoms with Crippen LogP contribution >= 0.6 is 11.6 Å². The van der Waals surface area contributed by atoms with E-state index < -0.39 is 23.3 Å². The van der Waals surface area contributed by atoms with Crippen LogP contribution in [0.15, 0.2) is 30.7 Å². The molecule has 2 aliphatic rings. The van der Waals surface area contributed by atoms with Crippen molar-refractivity contribution in [1.82, 2.24) is 14.5 Å². The first-order valence-electron chi connectivity index (χ1n) is 11.7. The molecule has 10 heteroatoms. The molecule has 1 aliphatic heterocycles. The maximum atomic E-state index is 15.0. The highest BCUT2D eigenvalue weighted by molar-refractivity contribution is 6.35. The Bertz CT molecular complexity index is 1260. The number of carbonyl (C=O) groups excluding carboxylic acids is 1. The van der Waals surface area contributed by atoms with Gasteiger partial charge in [0.2, 0.25) is 0 Å². The number of anilines is 1. The van der Waals surface area contributed by atoms with Gasteiger partial charge in [0.05, 0.1) is 24.3 Å². The fourth-order valence-electron chi connectivity index (χ4n) is 4.85. The number of hydrogen-bond acceptors (Lipinski definition) is 6. The van der Waals surface area contributed by atoms with Crippen molar-refractivity contribution in [3.8, 4) is 11.1 Å². The van der Waals surface area contributed by atoms with Gasteiger partial charge in [0, 0.05) is 30.6 Å². The summed E-state index contributed by atoms with van der Waals surface area (Å²) in [5.41, 5.74) is 1.37. The van der Waals surface area contributed by atoms with Crippen LogP contribution in [0.3, 0.4) is 0 Å². The zero-order valence-electron chi connectivity index (χ0n) is 19.9. The van der Waals surface area contributed by atoms with E-state index in [1.807, 2.05) is 6.20 Å². The number of fused-ring (bicyclic) bond motifs is 1. The first-order valence-corrected chi connectivity index (χ1v) is 12.1. The van der Waals surface area contributed by atoms with Crippen molar-refractivity contribution in [2.45, 2.75) is 63.9 Å². The average Bonchev–Trinajstić information content (AvgIpc) is 3.41. The standard InChI is InChI=1S/C25H28ClFN4O4/c1-24(2,3)35-23(32)30-19-5-4-15(12-18(19)27)17-13-31(22-20(17)21(26)28-14-29-22)16-6-8-25(9-7-16)33-10-11-34-25/h4-5,12-14,16H,6-11H2,1-3H3,(H,30,32). The number of amides is 1. The number of nitrogens with one attached hydrogen (secondary N) is 1. The molecule has 1 aliphatic carbocycles. The van der Waals surface area contributed by atoms with Crippen LogP contribution < -0.4 is 5.32 Å². The van der Waals surface area contributed by atoms with Gasteiger partial charge in [0.25, 0.3) is 0 Å². The van der Waals surface area contributed by atoms with E-state index in [1.165, 1.54) is 18.5 Å². The van der Waals surface area contributed by atoms with E-state index in [1.54, 1.807) is 26.8 Å². The Morgan fingerprint density at radius 1 is 1.23 bits per heavy atom. The molecule has 1 aromatic carbocycles. The fraction of sp³-hybridized carbons (Fsp3) is 0.480. The molecule has 8 nitrogen and oxygen atoms in total. The predicted octanol–water partition coefficient (Wildman–Crippen LogP) is 6.10. The SMILES string of the molecule is CC(C)(C)OC(=O)Nc1ccc(-c2cn(C3CCC4(CC3)OCCO4)c3ncnc(Cl)c23)cc1F. The maximum absolute atomic E-state index is 15.0. The average molecular weight is 503 g/mol. The van der Waals surface area contributed by atoms with Gasteiger partial charge in [-0.1, -0.05) is 17.7 Å². The third kappa shape index (κ3) is 4.85. The lowest BCUT2D eigenvalue weighted by Gasteiger charge is -2.36. The van der Waals surface area contributed by atoms with Gasteiger partial charge in [0.15, 0.2) is 5.79 Å². The smallest absolute Gasteiger partial charge is 0.412 e. The van der Waals surface area contributed by atoms with E-state index in [0.717, 1.165) is 31.2 Å². The molecule has 3 aromatic rings. The molecular weight excluding hydrogens is 475 g/mol. The zero-order chi connectivity index (χ0) is 24.8. The first-order chi connectivity index (χ1) is 16.6. The quantitative estimate of drug-likeness (QED) is 0.436. The van der Waals surface area contributed by atoms with Gasteiger partial charge >= 0.3 is 6.09 Å². The second-order valence-electron chi connectivity index (χ2n) is 9.97. The highest BCUT2D eigenvalue weighted by atomic mass is 35.5. The predicted molar refractivity (Wildman–Crippen MR) is 130 cm³/mol. The Kier molecular flexibility index (Phi) is 6.19. The number of rotatable bonds is 3. The minimum Gasteiger partial charge on any atom is -0.444 e. The molecule has 0 atom stereocenters. The van der Waals surface area contributed by atoms with E-state index in [0.29, 0.717) is 35.0 Å². The summed E-state index contributed by atoms with van der Waals surface area (Å²) in [5.74, 6) is -1.05. The Morgan fingerprint density at radius 2 is 1.94 bits per heavy atom. The molecule has 35 heavy (non-hydrogen) atoms. The van der Waals surface area contributed by atoms with E-state index in [4.69, 9.17) is 25.8 Å². The molecule has 1 saturated heterocycles. The van der Waals surface area contributed by atoms with Crippen LogP contribution in [0.4, 0.5) is 14.9 Å². The van der Waals surface area contributed by atoms with Crippen LogP contribution in [0, 0.1) is 5.82 Å². The van der Waals surface area contributed by atoms with Gasteiger partial charge in [-0.15, -0.1) is 0 Å². The van der Waals surface area contributed by atoms with E-state index in [-0.39, 0.29) is 11.7 Å². The summed E-state index contributed by atoms with van der Waals surface area (Å²) in [6.07, 6.45) is 5.99. The monoisotopic (exact) mass is 502 g/mol. The topological polar surface area (TPSA) is 87.5 Å². The summed E-state index contributed by atoms with van der Waals surface area (Å²) in [6, 6.07) is 4.78. The van der Waals surface area contributed by atoms with Crippen molar-refractivity contribution >= 4 is 34.4 Å². The Labute approximate surface area is 207 Å². The number of halogens is 2. The summed E-state index contributed by atoms with van der Waals surface area (Å²) < 4.78 is 34.0. The molecule has 1 amide bonds. The summed E-state index contributed by atoms with van der Waals surface area (Å²) in [5, 5.41) is 3.42. The van der Waals surface area contributed by atoms with Crippen LogP contribution in [0.5, 0.6) is 0 Å². The normalized spacial score (nSPS) is 18.3. The lowest BCUT2D eigenvalue weighted by molar-refractivity contribution is -0.181. The van der Waals surface area contributed by atoms with Crippen LogP contribution in [0.1, 0.15) is 52.5 Å². The number of hydrogen-bond donors (Lipinski definition) is 1. The molecule has 0 radical (unpaired) electrons. The number of ether oxygens (including phenoxy) is 3. The van der Waals surface area contributed by atoms with E-state index >= 15 is 0 Å². The van der Waals surface area contributed by atoms with E-state index in [9.17, 15) is 9.18 Å². The highest BCUT2D eigenvalue weighted by Crippen LogP contribution is 2.43. The first kappa shape index (κ1) is 24.0. The lowest BCUT2D eigenvalue weighted by Crippen LogP contribution is -2.35. The lowest BCUT2D eigenvalue weighted by atomic mass is 9.90. The molecule has 5 rings (SSSR count). The van der Waals surface area contributed by atoms with Crippen LogP contribution in [0.25, 0.3) is 22.2 Å². The molecule has 2 fully saturated rings. The third-order valence-corrected chi connectivity index (χ3v) is 6.69. The second kappa shape index (κ2) is 9.04. The molecule has 3 heterocycles. The Hall–Kier alpha value is -2.75. The van der Waals surface area contributed by atoms with Gasteiger partial charge in [-0.25, -0.2) is 19.2 Å². The summed E-state index contributed by atoms with van der Waals surface area (Å²) in [4.78, 5) is 20.7. The second-order valence-corrected chi connectivity index (χ2v) is 10.3. The molecule has 1 saturated carbocycles. The molecule has 0 bridgehead atoms. The van der Waals surface area contributed by atoms with Crippen molar-refractivity contribution in [2.75, 3.05) is 18.5 Å². The Balaban J connectivity index is 1.45. The van der Waals surface area contributed by atoms with E-state index in [2.05, 4.69) is 19.9 Å². The number of benzene rings is 1. The van der Waals surface area contributed by atoms with Crippen molar-refractivity contribution in [1.29, 1.82) is 0 Å². The van der Waals surface area contributed by atoms with Crippen LogP contribution in [-0.4, -0.2) is 45.2 Å². The van der Waals surface area contributed by atoms with Gasteiger partial charge in [-0.3, -0.25) is 5.32 Å². The van der Waals surface area contributed by atoms with Gasteiger partial charge in [0.1, 0.15) is 28.5 Å². The molecule has 1 spiro atoms. The summed E-state index contributed by atoms with van der Waals surface area (Å²) in [6.45, 7) is 6.50. The van der Waals surface area contributed by atoms with Gasteiger partial charge in [-0.05, 0) is 51.3 Å². The molecule has 186 valence electrons. The van der Waals surface area contributed by atoms with Gasteiger partial charge < -0.3 is 18.8 Å². The summed E-state index contributed by atoms with van der Waals surface area (Å²) in [7, 11) is 0. The third-order valence-electron chi connectivity index (χ3n) is 6.40. The van der Waals surface area contributed by atoms with Crippen molar-refractivity contribution in [3.63, 3.8) is 0 Å². The molecule has 0 unspecified atom stereocenters. The maximum Gasteiger partial charge on any atom is 0.412 e. The molecule has 2 aromatic heterocycles. The minimum absolute atomic E-state index is 0.0308. The van der Waals surface area contributed by atoms with Crippen LogP contribution in [-0.2, 0) is 14.2 Å². The highest BCUT2D eigenvalue weighted by Gasteiger charge is 2.41. The van der Waals surface area contributed by atoms with Gasteiger partial charge in [-0.2, -0.15) is 0 Å².